The maximum atomic E-state index is 9.92. The Labute approximate surface area is 63.1 Å². The smallest absolute Gasteiger partial charge is 0.120 e. The molecule has 0 aromatic carbocycles. The van der Waals surface area contributed by atoms with Gasteiger partial charge in [-0.15, -0.1) is 0 Å². The summed E-state index contributed by atoms with van der Waals surface area (Å²) >= 11 is 0. The van der Waals surface area contributed by atoms with Crippen molar-refractivity contribution in [3.05, 3.63) is 11.6 Å². The molecule has 0 spiro atoms. The van der Waals surface area contributed by atoms with Crippen LogP contribution in [0.25, 0.3) is 0 Å². The first kappa shape index (κ1) is 9.41. The average Bonchev–Trinajstić information content (AvgIpc) is 1.89. The highest BCUT2D eigenvalue weighted by Crippen LogP contribution is 2.05. The molecular weight excluding hydrogens is 124 g/mol. The van der Waals surface area contributed by atoms with Gasteiger partial charge >= 0.3 is 0 Å². The zero-order valence-electron chi connectivity index (χ0n) is 6.89. The van der Waals surface area contributed by atoms with E-state index in [0.29, 0.717) is 6.42 Å². The Morgan fingerprint density at radius 2 is 2.20 bits per heavy atom. The molecule has 0 fully saturated rings. The number of carbonyl (C=O) groups is 1. The highest BCUT2D eigenvalue weighted by Gasteiger charge is 1.87. The fourth-order valence-corrected chi connectivity index (χ4v) is 0.915. The van der Waals surface area contributed by atoms with E-state index in [0.717, 1.165) is 25.5 Å². The van der Waals surface area contributed by atoms with Gasteiger partial charge in [0.25, 0.3) is 0 Å². The normalized spacial score (nSPS) is 11.6. The van der Waals surface area contributed by atoms with Crippen molar-refractivity contribution in [3.8, 4) is 0 Å². The Morgan fingerprint density at radius 3 is 2.70 bits per heavy atom. The first-order valence-corrected chi connectivity index (χ1v) is 3.90. The van der Waals surface area contributed by atoms with Crippen molar-refractivity contribution >= 4 is 6.29 Å². The number of carbonyl (C=O) groups excluding carboxylic acids is 1. The van der Waals surface area contributed by atoms with Gasteiger partial charge in [0, 0.05) is 6.42 Å². The second kappa shape index (κ2) is 6.53. The van der Waals surface area contributed by atoms with Gasteiger partial charge in [-0.3, -0.25) is 0 Å². The van der Waals surface area contributed by atoms with Gasteiger partial charge < -0.3 is 4.79 Å². The summed E-state index contributed by atoms with van der Waals surface area (Å²) in [5, 5.41) is 0. The highest BCUT2D eigenvalue weighted by molar-refractivity contribution is 5.49. The van der Waals surface area contributed by atoms with E-state index in [1.807, 2.05) is 0 Å². The topological polar surface area (TPSA) is 17.1 Å². The number of unbranched alkanes of at least 4 members (excludes halogenated alkanes) is 1. The number of hydrogen-bond acceptors (Lipinski definition) is 1. The molecule has 0 aliphatic rings. The number of aldehydes is 1. The molecule has 0 saturated heterocycles. The summed E-state index contributed by atoms with van der Waals surface area (Å²) < 4.78 is 0. The van der Waals surface area contributed by atoms with Crippen LogP contribution in [0.4, 0.5) is 0 Å². The lowest BCUT2D eigenvalue weighted by Gasteiger charge is -1.95. The van der Waals surface area contributed by atoms with Gasteiger partial charge in [-0.2, -0.15) is 0 Å². The summed E-state index contributed by atoms with van der Waals surface area (Å²) in [6, 6.07) is 0. The predicted molar refractivity (Wildman–Crippen MR) is 44.0 cm³/mol. The van der Waals surface area contributed by atoms with Gasteiger partial charge in [-0.1, -0.05) is 18.6 Å². The fraction of sp³-hybridized carbons (Fsp3) is 0.667. The Morgan fingerprint density at radius 1 is 1.50 bits per heavy atom. The summed E-state index contributed by atoms with van der Waals surface area (Å²) in [5.74, 6) is 0. The molecule has 0 aromatic heterocycles. The molecule has 0 unspecified atom stereocenters. The summed E-state index contributed by atoms with van der Waals surface area (Å²) in [6.07, 6.45) is 7.09. The molecule has 0 atom stereocenters. The third kappa shape index (κ3) is 5.54. The standard InChI is InChI=1S/C9H16O/c1-3-6-9(2)7-4-5-8-10/h6,8H,3-5,7H2,1-2H3/b9-6+. The number of rotatable bonds is 5. The molecule has 0 amide bonds. The molecule has 0 rings (SSSR count). The highest BCUT2D eigenvalue weighted by atomic mass is 16.1. The second-order valence-electron chi connectivity index (χ2n) is 2.52. The molecule has 0 N–H and O–H groups in total. The Hall–Kier alpha value is -0.590. The van der Waals surface area contributed by atoms with Gasteiger partial charge in [0.1, 0.15) is 6.29 Å². The third-order valence-corrected chi connectivity index (χ3v) is 1.45. The molecular formula is C9H16O. The molecule has 0 bridgehead atoms. The average molecular weight is 140 g/mol. The molecule has 1 nitrogen and oxygen atoms in total. The minimum atomic E-state index is 0.703. The van der Waals surface area contributed by atoms with Crippen LogP contribution < -0.4 is 0 Å². The van der Waals surface area contributed by atoms with Crippen LogP contribution >= 0.6 is 0 Å². The van der Waals surface area contributed by atoms with E-state index < -0.39 is 0 Å². The monoisotopic (exact) mass is 140 g/mol. The second-order valence-corrected chi connectivity index (χ2v) is 2.52. The molecule has 10 heavy (non-hydrogen) atoms. The number of hydrogen-bond donors (Lipinski definition) is 0. The number of allylic oxidation sites excluding steroid dienone is 2. The summed E-state index contributed by atoms with van der Waals surface area (Å²) in [6.45, 7) is 4.25. The van der Waals surface area contributed by atoms with E-state index in [4.69, 9.17) is 0 Å². The van der Waals surface area contributed by atoms with Gasteiger partial charge in [-0.25, -0.2) is 0 Å². The van der Waals surface area contributed by atoms with Gasteiger partial charge in [0.15, 0.2) is 0 Å². The van der Waals surface area contributed by atoms with E-state index in [1.165, 1.54) is 5.57 Å². The van der Waals surface area contributed by atoms with Crippen molar-refractivity contribution in [2.45, 2.75) is 39.5 Å². The lowest BCUT2D eigenvalue weighted by atomic mass is 10.1. The van der Waals surface area contributed by atoms with Gasteiger partial charge in [0.05, 0.1) is 0 Å². The fourth-order valence-electron chi connectivity index (χ4n) is 0.915. The summed E-state index contributed by atoms with van der Waals surface area (Å²) in [4.78, 5) is 9.92. The Bertz CT molecular complexity index is 114. The molecule has 0 radical (unpaired) electrons. The minimum Gasteiger partial charge on any atom is -0.303 e. The Kier molecular flexibility index (Phi) is 6.14. The quantitative estimate of drug-likeness (QED) is 0.326. The SMILES string of the molecule is CC/C=C(\C)CCCC=O. The molecule has 1 heteroatoms. The van der Waals surface area contributed by atoms with Crippen molar-refractivity contribution in [3.63, 3.8) is 0 Å². The van der Waals surface area contributed by atoms with E-state index in [1.54, 1.807) is 0 Å². The van der Waals surface area contributed by atoms with Crippen LogP contribution in [-0.2, 0) is 4.79 Å². The van der Waals surface area contributed by atoms with Crippen LogP contribution in [0.3, 0.4) is 0 Å². The lowest BCUT2D eigenvalue weighted by Crippen LogP contribution is -1.79. The lowest BCUT2D eigenvalue weighted by molar-refractivity contribution is -0.107. The van der Waals surface area contributed by atoms with Crippen molar-refractivity contribution in [1.29, 1.82) is 0 Å². The summed E-state index contributed by atoms with van der Waals surface area (Å²) in [5.41, 5.74) is 1.41. The maximum Gasteiger partial charge on any atom is 0.120 e. The van der Waals surface area contributed by atoms with Crippen molar-refractivity contribution in [2.75, 3.05) is 0 Å². The van der Waals surface area contributed by atoms with Gasteiger partial charge in [0.2, 0.25) is 0 Å². The molecule has 0 heterocycles. The van der Waals surface area contributed by atoms with Crippen LogP contribution in [0, 0.1) is 0 Å². The molecule has 0 saturated carbocycles. The predicted octanol–water partition coefficient (Wildman–Crippen LogP) is 2.71. The van der Waals surface area contributed by atoms with E-state index in [9.17, 15) is 4.79 Å². The van der Waals surface area contributed by atoms with Crippen LogP contribution in [-0.4, -0.2) is 6.29 Å². The van der Waals surface area contributed by atoms with Crippen molar-refractivity contribution in [2.24, 2.45) is 0 Å². The first-order valence-electron chi connectivity index (χ1n) is 3.90. The maximum absolute atomic E-state index is 9.92. The Balaban J connectivity index is 3.29. The molecule has 0 aliphatic heterocycles. The van der Waals surface area contributed by atoms with Crippen LogP contribution in [0.5, 0.6) is 0 Å². The van der Waals surface area contributed by atoms with Crippen LogP contribution in [0.1, 0.15) is 39.5 Å². The zero-order chi connectivity index (χ0) is 7.82. The van der Waals surface area contributed by atoms with Gasteiger partial charge in [-0.05, 0) is 26.2 Å². The van der Waals surface area contributed by atoms with Crippen molar-refractivity contribution < 1.29 is 4.79 Å². The van der Waals surface area contributed by atoms with Crippen molar-refractivity contribution in [1.82, 2.24) is 0 Å². The van der Waals surface area contributed by atoms with Crippen LogP contribution in [0.15, 0.2) is 11.6 Å². The first-order chi connectivity index (χ1) is 4.81. The van der Waals surface area contributed by atoms with Crippen LogP contribution in [0.2, 0.25) is 0 Å². The zero-order valence-corrected chi connectivity index (χ0v) is 6.89. The van der Waals surface area contributed by atoms with E-state index in [-0.39, 0.29) is 0 Å². The minimum absolute atomic E-state index is 0.703. The van der Waals surface area contributed by atoms with E-state index >= 15 is 0 Å². The third-order valence-electron chi connectivity index (χ3n) is 1.45. The van der Waals surface area contributed by atoms with E-state index in [2.05, 4.69) is 19.9 Å². The molecule has 0 aromatic rings. The molecule has 58 valence electrons. The summed E-state index contributed by atoms with van der Waals surface area (Å²) in [7, 11) is 0. The molecule has 0 aliphatic carbocycles. The largest absolute Gasteiger partial charge is 0.303 e.